The quantitative estimate of drug-likeness (QED) is 0.690. The molecule has 0 radical (unpaired) electrons. The van der Waals surface area contributed by atoms with Crippen molar-refractivity contribution >= 4 is 11.8 Å². The molecular weight excluding hydrogens is 397 g/mol. The minimum atomic E-state index is -0.319. The van der Waals surface area contributed by atoms with Crippen LogP contribution in [0.4, 0.5) is 4.39 Å². The third-order valence-corrected chi connectivity index (χ3v) is 6.21. The van der Waals surface area contributed by atoms with E-state index in [1.54, 1.807) is 27.8 Å². The molecule has 8 heteroatoms. The number of fused-ring (bicyclic) bond motifs is 1. The fraction of sp³-hybridized carbons (Fsp3) is 0.522. The summed E-state index contributed by atoms with van der Waals surface area (Å²) < 4.78 is 15.0. The zero-order valence-corrected chi connectivity index (χ0v) is 18.0. The van der Waals surface area contributed by atoms with E-state index in [1.807, 2.05) is 0 Å². The number of halogens is 1. The lowest BCUT2D eigenvalue weighted by Gasteiger charge is -2.33. The van der Waals surface area contributed by atoms with Gasteiger partial charge in [0.15, 0.2) is 5.69 Å². The van der Waals surface area contributed by atoms with Gasteiger partial charge in [0.25, 0.3) is 11.8 Å². The van der Waals surface area contributed by atoms with Crippen LogP contribution in [0.25, 0.3) is 0 Å². The van der Waals surface area contributed by atoms with Crippen molar-refractivity contribution in [1.29, 1.82) is 0 Å². The zero-order valence-electron chi connectivity index (χ0n) is 18.0. The number of rotatable bonds is 7. The van der Waals surface area contributed by atoms with E-state index in [1.165, 1.54) is 31.4 Å². The topological polar surface area (TPSA) is 70.5 Å². The van der Waals surface area contributed by atoms with Gasteiger partial charge in [-0.15, -0.1) is 0 Å². The van der Waals surface area contributed by atoms with Crippen LogP contribution in [0.1, 0.15) is 59.1 Å². The largest absolute Gasteiger partial charge is 0.351 e. The SMILES string of the molecule is C[C@H]1CCCCN1CCCNC(=O)c1cc2n(n1)CCN(Cc1cccc(F)c1)C2=O. The molecule has 166 valence electrons. The summed E-state index contributed by atoms with van der Waals surface area (Å²) in [6.07, 6.45) is 4.69. The van der Waals surface area contributed by atoms with Crippen LogP contribution in [-0.2, 0) is 13.1 Å². The summed E-state index contributed by atoms with van der Waals surface area (Å²) in [7, 11) is 0. The molecule has 1 aromatic heterocycles. The van der Waals surface area contributed by atoms with E-state index in [9.17, 15) is 14.0 Å². The lowest BCUT2D eigenvalue weighted by atomic mass is 10.0. The van der Waals surface area contributed by atoms with Gasteiger partial charge >= 0.3 is 0 Å². The predicted molar refractivity (Wildman–Crippen MR) is 115 cm³/mol. The summed E-state index contributed by atoms with van der Waals surface area (Å²) in [5, 5.41) is 7.25. The Morgan fingerprint density at radius 2 is 2.10 bits per heavy atom. The highest BCUT2D eigenvalue weighted by Gasteiger charge is 2.28. The van der Waals surface area contributed by atoms with E-state index >= 15 is 0 Å². The molecule has 2 aromatic rings. The fourth-order valence-corrected chi connectivity index (χ4v) is 4.42. The van der Waals surface area contributed by atoms with Gasteiger partial charge < -0.3 is 15.1 Å². The number of hydrogen-bond acceptors (Lipinski definition) is 4. The van der Waals surface area contributed by atoms with Gasteiger partial charge in [-0.3, -0.25) is 14.3 Å². The second-order valence-corrected chi connectivity index (χ2v) is 8.48. The van der Waals surface area contributed by atoms with E-state index in [4.69, 9.17) is 0 Å². The van der Waals surface area contributed by atoms with Crippen LogP contribution in [0.15, 0.2) is 30.3 Å². The van der Waals surface area contributed by atoms with Crippen molar-refractivity contribution in [3.63, 3.8) is 0 Å². The van der Waals surface area contributed by atoms with E-state index in [2.05, 4.69) is 22.2 Å². The van der Waals surface area contributed by atoms with Crippen LogP contribution in [0.2, 0.25) is 0 Å². The lowest BCUT2D eigenvalue weighted by molar-refractivity contribution is 0.0682. The van der Waals surface area contributed by atoms with Crippen molar-refractivity contribution in [2.45, 2.75) is 51.7 Å². The van der Waals surface area contributed by atoms with Gasteiger partial charge in [0.2, 0.25) is 0 Å². The van der Waals surface area contributed by atoms with Crippen molar-refractivity contribution < 1.29 is 14.0 Å². The first-order chi connectivity index (χ1) is 15.0. The molecule has 7 nitrogen and oxygen atoms in total. The Bertz CT molecular complexity index is 944. The normalized spacial score (nSPS) is 19.4. The first-order valence-electron chi connectivity index (χ1n) is 11.1. The Hall–Kier alpha value is -2.74. The van der Waals surface area contributed by atoms with Crippen LogP contribution in [0, 0.1) is 5.82 Å². The van der Waals surface area contributed by atoms with E-state index in [0.29, 0.717) is 37.9 Å². The molecule has 31 heavy (non-hydrogen) atoms. The molecule has 0 bridgehead atoms. The summed E-state index contributed by atoms with van der Waals surface area (Å²) >= 11 is 0. The molecule has 0 unspecified atom stereocenters. The maximum absolute atomic E-state index is 13.4. The summed E-state index contributed by atoms with van der Waals surface area (Å²) in [6, 6.07) is 8.42. The Kier molecular flexibility index (Phi) is 6.65. The van der Waals surface area contributed by atoms with E-state index in [0.717, 1.165) is 25.1 Å². The average molecular weight is 428 g/mol. The van der Waals surface area contributed by atoms with Gasteiger partial charge in [-0.05, 0) is 50.4 Å². The smallest absolute Gasteiger partial charge is 0.272 e. The van der Waals surface area contributed by atoms with Gasteiger partial charge in [0.05, 0.1) is 6.54 Å². The van der Waals surface area contributed by atoms with Crippen LogP contribution in [0.3, 0.4) is 0 Å². The van der Waals surface area contributed by atoms with Crippen LogP contribution in [0.5, 0.6) is 0 Å². The van der Waals surface area contributed by atoms with Gasteiger partial charge in [-0.25, -0.2) is 4.39 Å². The number of piperidine rings is 1. The summed E-state index contributed by atoms with van der Waals surface area (Å²) in [6.45, 7) is 6.28. The molecule has 2 amide bonds. The first kappa shape index (κ1) is 21.5. The second-order valence-electron chi connectivity index (χ2n) is 8.48. The third kappa shape index (κ3) is 5.12. The summed E-state index contributed by atoms with van der Waals surface area (Å²) in [5.41, 5.74) is 1.40. The number of carbonyl (C=O) groups excluding carboxylic acids is 2. The minimum Gasteiger partial charge on any atom is -0.351 e. The van der Waals surface area contributed by atoms with E-state index < -0.39 is 0 Å². The number of amides is 2. The molecule has 1 atom stereocenters. The van der Waals surface area contributed by atoms with Gasteiger partial charge in [-0.1, -0.05) is 18.6 Å². The highest BCUT2D eigenvalue weighted by Crippen LogP contribution is 2.18. The first-order valence-corrected chi connectivity index (χ1v) is 11.1. The molecule has 3 heterocycles. The van der Waals surface area contributed by atoms with Crippen LogP contribution in [-0.4, -0.2) is 63.6 Å². The van der Waals surface area contributed by atoms with Crippen molar-refractivity contribution in [1.82, 2.24) is 24.9 Å². The van der Waals surface area contributed by atoms with E-state index in [-0.39, 0.29) is 23.3 Å². The monoisotopic (exact) mass is 427 g/mol. The average Bonchev–Trinajstić information content (AvgIpc) is 3.20. The van der Waals surface area contributed by atoms with Crippen molar-refractivity contribution in [2.24, 2.45) is 0 Å². The molecular formula is C23H30FN5O2. The van der Waals surface area contributed by atoms with Crippen molar-refractivity contribution in [3.8, 4) is 0 Å². The highest BCUT2D eigenvalue weighted by atomic mass is 19.1. The highest BCUT2D eigenvalue weighted by molar-refractivity contribution is 5.98. The standard InChI is InChI=1S/C23H30FN5O2/c1-17-6-2-3-10-27(17)11-5-9-25-22(30)20-15-21-23(31)28(12-13-29(21)26-20)16-18-7-4-8-19(24)14-18/h4,7-8,14-15,17H,2-3,5-6,9-13,16H2,1H3,(H,25,30)/t17-/m0/s1. The molecule has 1 saturated heterocycles. The maximum Gasteiger partial charge on any atom is 0.272 e. The molecule has 0 saturated carbocycles. The number of benzene rings is 1. The Morgan fingerprint density at radius 1 is 1.23 bits per heavy atom. The van der Waals surface area contributed by atoms with Crippen LogP contribution < -0.4 is 5.32 Å². The van der Waals surface area contributed by atoms with Gasteiger partial charge in [0, 0.05) is 38.3 Å². The summed E-state index contributed by atoms with van der Waals surface area (Å²) in [4.78, 5) is 29.5. The number of nitrogens with zero attached hydrogens (tertiary/aromatic N) is 4. The molecule has 2 aliphatic heterocycles. The molecule has 1 N–H and O–H groups in total. The molecule has 2 aliphatic rings. The fourth-order valence-electron chi connectivity index (χ4n) is 4.42. The van der Waals surface area contributed by atoms with Gasteiger partial charge in [0.1, 0.15) is 11.5 Å². The molecule has 4 rings (SSSR count). The summed E-state index contributed by atoms with van der Waals surface area (Å²) in [5.74, 6) is -0.764. The minimum absolute atomic E-state index is 0.193. The lowest BCUT2D eigenvalue weighted by Crippen LogP contribution is -2.39. The van der Waals surface area contributed by atoms with Gasteiger partial charge in [-0.2, -0.15) is 5.10 Å². The third-order valence-electron chi connectivity index (χ3n) is 6.21. The number of nitrogens with one attached hydrogen (secondary N) is 1. The molecule has 0 aliphatic carbocycles. The Balaban J connectivity index is 1.30. The number of hydrogen-bond donors (Lipinski definition) is 1. The number of carbonyl (C=O) groups is 2. The molecule has 0 spiro atoms. The Labute approximate surface area is 182 Å². The maximum atomic E-state index is 13.4. The van der Waals surface area contributed by atoms with Crippen LogP contribution >= 0.6 is 0 Å². The predicted octanol–water partition coefficient (Wildman–Crippen LogP) is 2.67. The molecule has 1 aromatic carbocycles. The zero-order chi connectivity index (χ0) is 21.8. The second kappa shape index (κ2) is 9.60. The molecule has 1 fully saturated rings. The van der Waals surface area contributed by atoms with Crippen molar-refractivity contribution in [2.75, 3.05) is 26.2 Å². The number of likely N-dealkylation sites (tertiary alicyclic amines) is 1. The van der Waals surface area contributed by atoms with Crippen molar-refractivity contribution in [3.05, 3.63) is 53.1 Å². The Morgan fingerprint density at radius 3 is 2.90 bits per heavy atom. The number of aromatic nitrogens is 2.